The van der Waals surface area contributed by atoms with Crippen LogP contribution in [0, 0.1) is 0 Å². The number of hydrogen-bond donors (Lipinski definition) is 4. The van der Waals surface area contributed by atoms with Gasteiger partial charge in [0.25, 0.3) is 0 Å². The summed E-state index contributed by atoms with van der Waals surface area (Å²) in [4.78, 5) is 10.9. The van der Waals surface area contributed by atoms with Crippen molar-refractivity contribution in [1.82, 2.24) is 4.72 Å². The number of carbonyl (C=O) groups is 1. The normalized spacial score (nSPS) is 22.9. The standard InChI is InChI=1S/C13H19N3O4S/c14-9-7-8(13(15)18)5-6-12(9)21(19,20)16-10-3-1-2-4-11(10)17/h5-7,10-11,16-17H,1-4,14H2,(H2,15,18). The molecule has 0 heterocycles. The van der Waals surface area contributed by atoms with Gasteiger partial charge in [-0.2, -0.15) is 0 Å². The van der Waals surface area contributed by atoms with Gasteiger partial charge in [0.15, 0.2) is 0 Å². The Kier molecular flexibility index (Phi) is 4.50. The van der Waals surface area contributed by atoms with Gasteiger partial charge in [-0.25, -0.2) is 13.1 Å². The summed E-state index contributed by atoms with van der Waals surface area (Å²) >= 11 is 0. The number of anilines is 1. The van der Waals surface area contributed by atoms with Crippen molar-refractivity contribution in [2.24, 2.45) is 5.73 Å². The van der Waals surface area contributed by atoms with E-state index in [-0.39, 0.29) is 16.1 Å². The molecule has 1 saturated carbocycles. The summed E-state index contributed by atoms with van der Waals surface area (Å²) in [5, 5.41) is 9.85. The maximum Gasteiger partial charge on any atom is 0.248 e. The van der Waals surface area contributed by atoms with Crippen molar-refractivity contribution in [3.63, 3.8) is 0 Å². The zero-order valence-electron chi connectivity index (χ0n) is 11.5. The van der Waals surface area contributed by atoms with E-state index in [0.717, 1.165) is 12.8 Å². The van der Waals surface area contributed by atoms with E-state index in [1.165, 1.54) is 18.2 Å². The molecular weight excluding hydrogens is 294 g/mol. The first-order valence-corrected chi connectivity index (χ1v) is 8.19. The zero-order valence-corrected chi connectivity index (χ0v) is 12.3. The van der Waals surface area contributed by atoms with Crippen LogP contribution in [0.2, 0.25) is 0 Å². The van der Waals surface area contributed by atoms with Gasteiger partial charge in [0.2, 0.25) is 15.9 Å². The topological polar surface area (TPSA) is 136 Å². The minimum atomic E-state index is -3.85. The highest BCUT2D eigenvalue weighted by atomic mass is 32.2. The van der Waals surface area contributed by atoms with E-state index >= 15 is 0 Å². The van der Waals surface area contributed by atoms with Crippen LogP contribution >= 0.6 is 0 Å². The summed E-state index contributed by atoms with van der Waals surface area (Å²) in [6.45, 7) is 0. The highest BCUT2D eigenvalue weighted by Gasteiger charge is 2.29. The SMILES string of the molecule is NC(=O)c1ccc(S(=O)(=O)NC2CCCCC2O)c(N)c1. The van der Waals surface area contributed by atoms with Crippen molar-refractivity contribution in [2.45, 2.75) is 42.7 Å². The Bertz CT molecular complexity index is 645. The van der Waals surface area contributed by atoms with Crippen molar-refractivity contribution < 1.29 is 18.3 Å². The Labute approximate surface area is 123 Å². The maximum atomic E-state index is 12.3. The van der Waals surface area contributed by atoms with Gasteiger partial charge in [-0.15, -0.1) is 0 Å². The lowest BCUT2D eigenvalue weighted by Gasteiger charge is -2.28. The Morgan fingerprint density at radius 3 is 2.52 bits per heavy atom. The Morgan fingerprint density at radius 1 is 1.29 bits per heavy atom. The molecule has 6 N–H and O–H groups in total. The summed E-state index contributed by atoms with van der Waals surface area (Å²) in [5.41, 5.74) is 10.9. The minimum absolute atomic E-state index is 0.0518. The number of nitrogens with one attached hydrogen (secondary N) is 1. The zero-order chi connectivity index (χ0) is 15.6. The monoisotopic (exact) mass is 313 g/mol. The molecule has 1 aromatic carbocycles. The van der Waals surface area contributed by atoms with Crippen LogP contribution in [0.15, 0.2) is 23.1 Å². The lowest BCUT2D eigenvalue weighted by atomic mass is 9.93. The lowest BCUT2D eigenvalue weighted by molar-refractivity contribution is 0.1000. The molecule has 21 heavy (non-hydrogen) atoms. The molecule has 0 aliphatic heterocycles. The van der Waals surface area contributed by atoms with Gasteiger partial charge in [-0.1, -0.05) is 12.8 Å². The Morgan fingerprint density at radius 2 is 1.95 bits per heavy atom. The fraction of sp³-hybridized carbons (Fsp3) is 0.462. The fourth-order valence-electron chi connectivity index (χ4n) is 2.46. The third-order valence-electron chi connectivity index (χ3n) is 3.62. The molecule has 1 aliphatic rings. The molecule has 1 aromatic rings. The molecule has 0 radical (unpaired) electrons. The fourth-order valence-corrected chi connectivity index (χ4v) is 3.87. The van der Waals surface area contributed by atoms with Crippen molar-refractivity contribution in [1.29, 1.82) is 0 Å². The smallest absolute Gasteiger partial charge is 0.248 e. The van der Waals surface area contributed by atoms with Crippen molar-refractivity contribution in [3.05, 3.63) is 23.8 Å². The summed E-state index contributed by atoms with van der Waals surface area (Å²) < 4.78 is 27.1. The number of nitrogens with two attached hydrogens (primary N) is 2. The molecule has 1 aliphatic carbocycles. The molecule has 0 bridgehead atoms. The van der Waals surface area contributed by atoms with Crippen LogP contribution < -0.4 is 16.2 Å². The van der Waals surface area contributed by atoms with Crippen molar-refractivity contribution in [2.75, 3.05) is 5.73 Å². The summed E-state index contributed by atoms with van der Waals surface area (Å²) in [5.74, 6) is -0.679. The molecule has 7 nitrogen and oxygen atoms in total. The van der Waals surface area contributed by atoms with E-state index in [2.05, 4.69) is 4.72 Å². The van der Waals surface area contributed by atoms with Gasteiger partial charge in [-0.3, -0.25) is 4.79 Å². The second kappa shape index (κ2) is 6.00. The Balaban J connectivity index is 2.25. The van der Waals surface area contributed by atoms with Gasteiger partial charge in [-0.05, 0) is 31.0 Å². The van der Waals surface area contributed by atoms with E-state index in [1.807, 2.05) is 0 Å². The number of sulfonamides is 1. The number of amides is 1. The highest BCUT2D eigenvalue weighted by molar-refractivity contribution is 7.89. The first kappa shape index (κ1) is 15.7. The van der Waals surface area contributed by atoms with Crippen molar-refractivity contribution in [3.8, 4) is 0 Å². The highest BCUT2D eigenvalue weighted by Crippen LogP contribution is 2.23. The quantitative estimate of drug-likeness (QED) is 0.578. The molecule has 8 heteroatoms. The number of hydrogen-bond acceptors (Lipinski definition) is 5. The molecule has 0 saturated heterocycles. The number of rotatable bonds is 4. The van der Waals surface area contributed by atoms with Crippen LogP contribution in [-0.2, 0) is 10.0 Å². The van der Waals surface area contributed by atoms with E-state index < -0.39 is 28.1 Å². The molecule has 2 unspecified atom stereocenters. The Hall–Kier alpha value is -1.64. The number of aliphatic hydroxyl groups excluding tert-OH is 1. The van der Waals surface area contributed by atoms with Gasteiger partial charge < -0.3 is 16.6 Å². The molecule has 0 spiro atoms. The van der Waals surface area contributed by atoms with E-state index in [1.54, 1.807) is 0 Å². The van der Waals surface area contributed by atoms with E-state index in [0.29, 0.717) is 12.8 Å². The van der Waals surface area contributed by atoms with E-state index in [9.17, 15) is 18.3 Å². The van der Waals surface area contributed by atoms with Crippen LogP contribution in [0.25, 0.3) is 0 Å². The molecular formula is C13H19N3O4S. The molecule has 1 amide bonds. The average Bonchev–Trinajstić information content (AvgIpc) is 2.40. The first-order valence-electron chi connectivity index (χ1n) is 6.71. The van der Waals surface area contributed by atoms with E-state index in [4.69, 9.17) is 11.5 Å². The van der Waals surface area contributed by atoms with Gasteiger partial charge in [0.05, 0.1) is 11.8 Å². The first-order chi connectivity index (χ1) is 9.81. The molecule has 2 atom stereocenters. The summed E-state index contributed by atoms with van der Waals surface area (Å²) in [7, 11) is -3.85. The largest absolute Gasteiger partial charge is 0.398 e. The number of carbonyl (C=O) groups excluding carboxylic acids is 1. The lowest BCUT2D eigenvalue weighted by Crippen LogP contribution is -2.45. The molecule has 2 rings (SSSR count). The molecule has 0 aromatic heterocycles. The van der Waals surface area contributed by atoms with Gasteiger partial charge in [0, 0.05) is 11.6 Å². The second-order valence-electron chi connectivity index (χ2n) is 5.20. The maximum absolute atomic E-state index is 12.3. The van der Waals surface area contributed by atoms with Crippen LogP contribution in [0.1, 0.15) is 36.0 Å². The van der Waals surface area contributed by atoms with Gasteiger partial charge >= 0.3 is 0 Å². The predicted molar refractivity (Wildman–Crippen MR) is 78.0 cm³/mol. The average molecular weight is 313 g/mol. The minimum Gasteiger partial charge on any atom is -0.398 e. The van der Waals surface area contributed by atoms with Gasteiger partial charge in [0.1, 0.15) is 4.90 Å². The number of benzene rings is 1. The molecule has 1 fully saturated rings. The van der Waals surface area contributed by atoms with Crippen LogP contribution in [0.5, 0.6) is 0 Å². The number of aliphatic hydroxyl groups is 1. The van der Waals surface area contributed by atoms with Crippen molar-refractivity contribution >= 4 is 21.6 Å². The summed E-state index contributed by atoms with van der Waals surface area (Å²) in [6, 6.07) is 3.27. The third-order valence-corrected chi connectivity index (χ3v) is 5.18. The summed E-state index contributed by atoms with van der Waals surface area (Å²) in [6.07, 6.45) is 2.21. The molecule has 116 valence electrons. The van der Waals surface area contributed by atoms with Crippen LogP contribution in [0.3, 0.4) is 0 Å². The number of primary amides is 1. The van der Waals surface area contributed by atoms with Crippen LogP contribution in [-0.4, -0.2) is 31.6 Å². The third kappa shape index (κ3) is 3.52. The second-order valence-corrected chi connectivity index (χ2v) is 6.88. The van der Waals surface area contributed by atoms with Crippen LogP contribution in [0.4, 0.5) is 5.69 Å². The number of nitrogen functional groups attached to an aromatic ring is 1. The predicted octanol–water partition coefficient (Wildman–Crippen LogP) is -0.0505.